The number of rotatable bonds is 4. The lowest BCUT2D eigenvalue weighted by Crippen LogP contribution is -2.47. The fraction of sp³-hybridized carbons (Fsp3) is 0.200. The molecule has 0 radical (unpaired) electrons. The van der Waals surface area contributed by atoms with Gasteiger partial charge in [0.15, 0.2) is 0 Å². The van der Waals surface area contributed by atoms with E-state index in [2.05, 4.69) is 10.6 Å². The van der Waals surface area contributed by atoms with Crippen molar-refractivity contribution in [2.24, 2.45) is 5.92 Å². The summed E-state index contributed by atoms with van der Waals surface area (Å²) in [6, 6.07) is 24.2. The standard InChI is InChI=1S/C25H24FN3O2/c26-20-14-11-18(12-15-20)23-16-13-19(24(30)27-21-7-3-1-4-8-21)17-29(23)25(31)28-22-9-5-2-6-10-22/h1-12,14-15,19,23H,13,16-17H2,(H,27,30)(H,28,31)/t19-,23+/m1/s1. The third-order valence-corrected chi connectivity index (χ3v) is 5.53. The zero-order valence-electron chi connectivity index (χ0n) is 17.0. The van der Waals surface area contributed by atoms with Crippen molar-refractivity contribution < 1.29 is 14.0 Å². The topological polar surface area (TPSA) is 61.4 Å². The predicted molar refractivity (Wildman–Crippen MR) is 119 cm³/mol. The maximum Gasteiger partial charge on any atom is 0.322 e. The number of para-hydroxylation sites is 2. The molecular weight excluding hydrogens is 393 g/mol. The van der Waals surface area contributed by atoms with Crippen LogP contribution >= 0.6 is 0 Å². The number of hydrogen-bond acceptors (Lipinski definition) is 2. The molecule has 3 amide bonds. The average Bonchev–Trinajstić information content (AvgIpc) is 2.80. The number of amides is 3. The second-order valence-corrected chi connectivity index (χ2v) is 7.65. The van der Waals surface area contributed by atoms with Gasteiger partial charge >= 0.3 is 6.03 Å². The Labute approximate surface area is 180 Å². The van der Waals surface area contributed by atoms with Crippen LogP contribution in [0.5, 0.6) is 0 Å². The van der Waals surface area contributed by atoms with Crippen molar-refractivity contribution in [3.63, 3.8) is 0 Å². The van der Waals surface area contributed by atoms with E-state index < -0.39 is 0 Å². The van der Waals surface area contributed by atoms with E-state index in [1.165, 1.54) is 12.1 Å². The van der Waals surface area contributed by atoms with Gasteiger partial charge in [-0.05, 0) is 54.8 Å². The highest BCUT2D eigenvalue weighted by Gasteiger charge is 2.35. The Bertz CT molecular complexity index is 1030. The van der Waals surface area contributed by atoms with Crippen LogP contribution in [0.15, 0.2) is 84.9 Å². The molecule has 0 aliphatic carbocycles. The number of carbonyl (C=O) groups excluding carboxylic acids is 2. The van der Waals surface area contributed by atoms with Gasteiger partial charge in [0.1, 0.15) is 5.82 Å². The first-order chi connectivity index (χ1) is 15.1. The van der Waals surface area contributed by atoms with Gasteiger partial charge in [-0.25, -0.2) is 9.18 Å². The van der Waals surface area contributed by atoms with Crippen LogP contribution in [-0.2, 0) is 4.79 Å². The number of carbonyl (C=O) groups is 2. The van der Waals surface area contributed by atoms with Crippen LogP contribution < -0.4 is 10.6 Å². The summed E-state index contributed by atoms with van der Waals surface area (Å²) in [4.78, 5) is 27.7. The van der Waals surface area contributed by atoms with Crippen LogP contribution in [0.3, 0.4) is 0 Å². The first-order valence-corrected chi connectivity index (χ1v) is 10.3. The quantitative estimate of drug-likeness (QED) is 0.593. The van der Waals surface area contributed by atoms with E-state index in [-0.39, 0.29) is 36.3 Å². The van der Waals surface area contributed by atoms with Gasteiger partial charge in [0.05, 0.1) is 12.0 Å². The fourth-order valence-corrected chi connectivity index (χ4v) is 3.92. The van der Waals surface area contributed by atoms with E-state index >= 15 is 0 Å². The van der Waals surface area contributed by atoms with E-state index in [1.807, 2.05) is 60.7 Å². The van der Waals surface area contributed by atoms with Gasteiger partial charge in [0, 0.05) is 17.9 Å². The van der Waals surface area contributed by atoms with Crippen LogP contribution in [0.4, 0.5) is 20.6 Å². The summed E-state index contributed by atoms with van der Waals surface area (Å²) in [6.07, 6.45) is 1.25. The fourth-order valence-electron chi connectivity index (χ4n) is 3.92. The largest absolute Gasteiger partial charge is 0.326 e. The van der Waals surface area contributed by atoms with Gasteiger partial charge < -0.3 is 15.5 Å². The maximum atomic E-state index is 13.4. The summed E-state index contributed by atoms with van der Waals surface area (Å²) in [5.74, 6) is -0.764. The molecule has 0 spiro atoms. The molecule has 158 valence electrons. The van der Waals surface area contributed by atoms with Crippen molar-refractivity contribution in [3.8, 4) is 0 Å². The summed E-state index contributed by atoms with van der Waals surface area (Å²) in [6.45, 7) is 0.277. The van der Waals surface area contributed by atoms with E-state index in [0.717, 1.165) is 11.3 Å². The van der Waals surface area contributed by atoms with Gasteiger partial charge in [-0.3, -0.25) is 4.79 Å². The molecule has 4 rings (SSSR count). The molecule has 1 saturated heterocycles. The van der Waals surface area contributed by atoms with Gasteiger partial charge in [-0.1, -0.05) is 48.5 Å². The highest BCUT2D eigenvalue weighted by molar-refractivity contribution is 5.94. The average molecular weight is 417 g/mol. The number of halogens is 1. The number of anilines is 2. The number of benzene rings is 3. The molecule has 3 aromatic carbocycles. The second-order valence-electron chi connectivity index (χ2n) is 7.65. The molecule has 2 N–H and O–H groups in total. The van der Waals surface area contributed by atoms with Crippen molar-refractivity contribution in [2.75, 3.05) is 17.2 Å². The van der Waals surface area contributed by atoms with Crippen LogP contribution in [0.25, 0.3) is 0 Å². The number of nitrogens with one attached hydrogen (secondary N) is 2. The molecule has 0 aromatic heterocycles. The monoisotopic (exact) mass is 417 g/mol. The Morgan fingerprint density at radius 1 is 0.774 bits per heavy atom. The number of likely N-dealkylation sites (tertiary alicyclic amines) is 1. The summed E-state index contributed by atoms with van der Waals surface area (Å²) in [5.41, 5.74) is 2.26. The third kappa shape index (κ3) is 5.09. The number of hydrogen-bond donors (Lipinski definition) is 2. The van der Waals surface area contributed by atoms with Crippen molar-refractivity contribution in [3.05, 3.63) is 96.3 Å². The van der Waals surface area contributed by atoms with Crippen molar-refractivity contribution in [1.82, 2.24) is 4.90 Å². The number of nitrogens with zero attached hydrogens (tertiary/aromatic N) is 1. The van der Waals surface area contributed by atoms with Crippen LogP contribution in [0.1, 0.15) is 24.4 Å². The van der Waals surface area contributed by atoms with E-state index in [9.17, 15) is 14.0 Å². The third-order valence-electron chi connectivity index (χ3n) is 5.53. The summed E-state index contributed by atoms with van der Waals surface area (Å²) >= 11 is 0. The first-order valence-electron chi connectivity index (χ1n) is 10.3. The van der Waals surface area contributed by atoms with Gasteiger partial charge in [0.2, 0.25) is 5.91 Å². The minimum atomic E-state index is -0.335. The Morgan fingerprint density at radius 3 is 1.97 bits per heavy atom. The lowest BCUT2D eigenvalue weighted by Gasteiger charge is -2.39. The maximum absolute atomic E-state index is 13.4. The molecule has 31 heavy (non-hydrogen) atoms. The van der Waals surface area contributed by atoms with Gasteiger partial charge in [0.25, 0.3) is 0 Å². The van der Waals surface area contributed by atoms with E-state index in [0.29, 0.717) is 18.5 Å². The molecule has 1 aliphatic heterocycles. The Morgan fingerprint density at radius 2 is 1.35 bits per heavy atom. The molecule has 1 heterocycles. The molecule has 0 bridgehead atoms. The molecule has 1 aliphatic rings. The predicted octanol–water partition coefficient (Wildman–Crippen LogP) is 5.45. The zero-order valence-corrected chi connectivity index (χ0v) is 17.0. The molecule has 5 nitrogen and oxygen atoms in total. The molecule has 2 atom stereocenters. The van der Waals surface area contributed by atoms with Crippen LogP contribution in [0, 0.1) is 11.7 Å². The SMILES string of the molecule is O=C(Nc1ccccc1)[C@@H]1CC[C@@H](c2ccc(F)cc2)N(C(=O)Nc2ccccc2)C1. The lowest BCUT2D eigenvalue weighted by molar-refractivity contribution is -0.121. The molecule has 3 aromatic rings. The highest BCUT2D eigenvalue weighted by atomic mass is 19.1. The molecule has 0 unspecified atom stereocenters. The smallest absolute Gasteiger partial charge is 0.322 e. The molecular formula is C25H24FN3O2. The van der Waals surface area contributed by atoms with Crippen molar-refractivity contribution in [2.45, 2.75) is 18.9 Å². The summed E-state index contributed by atoms with van der Waals surface area (Å²) in [5, 5.41) is 5.85. The van der Waals surface area contributed by atoms with Crippen LogP contribution in [-0.4, -0.2) is 23.4 Å². The Balaban J connectivity index is 1.53. The second kappa shape index (κ2) is 9.43. The highest BCUT2D eigenvalue weighted by Crippen LogP contribution is 2.34. The minimum Gasteiger partial charge on any atom is -0.326 e. The lowest BCUT2D eigenvalue weighted by atomic mass is 9.88. The first kappa shape index (κ1) is 20.6. The number of urea groups is 1. The zero-order chi connectivity index (χ0) is 21.6. The molecule has 6 heteroatoms. The van der Waals surface area contributed by atoms with Gasteiger partial charge in [-0.2, -0.15) is 0 Å². The van der Waals surface area contributed by atoms with Gasteiger partial charge in [-0.15, -0.1) is 0 Å². The van der Waals surface area contributed by atoms with Crippen molar-refractivity contribution in [1.29, 1.82) is 0 Å². The minimum absolute atomic E-state index is 0.110. The Kier molecular flexibility index (Phi) is 6.26. The summed E-state index contributed by atoms with van der Waals surface area (Å²) < 4.78 is 13.4. The van der Waals surface area contributed by atoms with Crippen molar-refractivity contribution >= 4 is 23.3 Å². The van der Waals surface area contributed by atoms with Crippen LogP contribution in [0.2, 0.25) is 0 Å². The molecule has 0 saturated carbocycles. The summed E-state index contributed by atoms with van der Waals surface area (Å²) in [7, 11) is 0. The Hall–Kier alpha value is -3.67. The normalized spacial score (nSPS) is 18.3. The molecule has 1 fully saturated rings. The number of piperidine rings is 1. The van der Waals surface area contributed by atoms with E-state index in [1.54, 1.807) is 17.0 Å². The van der Waals surface area contributed by atoms with E-state index in [4.69, 9.17) is 0 Å².